The monoisotopic (exact) mass is 389 g/mol. The van der Waals surface area contributed by atoms with Gasteiger partial charge in [-0.1, -0.05) is 6.07 Å². The molecule has 0 bridgehead atoms. The number of hydrogen-bond donors (Lipinski definition) is 1. The topological polar surface area (TPSA) is 59.0 Å². The first kappa shape index (κ1) is 21.0. The molecule has 1 N–H and O–H groups in total. The van der Waals surface area contributed by atoms with Gasteiger partial charge >= 0.3 is 6.09 Å². The smallest absolute Gasteiger partial charge is 0.410 e. The summed E-state index contributed by atoms with van der Waals surface area (Å²) in [6.07, 6.45) is 6.42. The number of piperidine rings is 1. The molecule has 3 rings (SSSR count). The summed E-state index contributed by atoms with van der Waals surface area (Å²) in [5.74, 6) is 1.60. The van der Waals surface area contributed by atoms with Crippen LogP contribution in [0.1, 0.15) is 64.0 Å². The highest BCUT2D eigenvalue weighted by Gasteiger charge is 2.26. The van der Waals surface area contributed by atoms with Gasteiger partial charge in [-0.2, -0.15) is 0 Å². The van der Waals surface area contributed by atoms with Gasteiger partial charge in [-0.3, -0.25) is 0 Å². The molecule has 5 nitrogen and oxygen atoms in total. The van der Waals surface area contributed by atoms with E-state index < -0.39 is 5.60 Å². The Labute approximate surface area is 169 Å². The normalized spacial score (nSPS) is 20.6. The molecular weight excluding hydrogens is 354 g/mol. The van der Waals surface area contributed by atoms with Gasteiger partial charge in [0.05, 0.1) is 12.7 Å². The number of likely N-dealkylation sites (tertiary alicyclic amines) is 1. The van der Waals surface area contributed by atoms with Crippen molar-refractivity contribution in [3.8, 4) is 5.75 Å². The van der Waals surface area contributed by atoms with Crippen molar-refractivity contribution in [2.24, 2.45) is 5.92 Å². The minimum atomic E-state index is -0.429. The zero-order valence-corrected chi connectivity index (χ0v) is 17.6. The number of aliphatic hydroxyl groups excluding tert-OH is 1. The third-order valence-electron chi connectivity index (χ3n) is 5.67. The highest BCUT2D eigenvalue weighted by atomic mass is 16.6. The molecule has 0 aromatic heterocycles. The molecule has 1 heterocycles. The molecule has 1 amide bonds. The van der Waals surface area contributed by atoms with E-state index in [-0.39, 0.29) is 12.2 Å². The van der Waals surface area contributed by atoms with E-state index >= 15 is 0 Å². The van der Waals surface area contributed by atoms with Gasteiger partial charge < -0.3 is 19.5 Å². The molecule has 1 saturated heterocycles. The lowest BCUT2D eigenvalue weighted by molar-refractivity contribution is 0.0179. The van der Waals surface area contributed by atoms with Crippen LogP contribution in [0.4, 0.5) is 4.79 Å². The average molecular weight is 390 g/mol. The van der Waals surface area contributed by atoms with Crippen LogP contribution in [0.15, 0.2) is 18.2 Å². The fourth-order valence-electron chi connectivity index (χ4n) is 4.09. The molecule has 1 unspecified atom stereocenters. The zero-order chi connectivity index (χ0) is 20.1. The van der Waals surface area contributed by atoms with Crippen LogP contribution in [0.2, 0.25) is 0 Å². The molecule has 5 heteroatoms. The summed E-state index contributed by atoms with van der Waals surface area (Å²) in [6, 6.07) is 6.26. The van der Waals surface area contributed by atoms with Gasteiger partial charge in [0, 0.05) is 13.1 Å². The third-order valence-corrected chi connectivity index (χ3v) is 5.67. The first-order valence-electron chi connectivity index (χ1n) is 10.7. The Bertz CT molecular complexity index is 659. The van der Waals surface area contributed by atoms with Gasteiger partial charge in [0.2, 0.25) is 0 Å². The Balaban J connectivity index is 1.34. The fraction of sp³-hybridized carbons (Fsp3) is 0.696. The van der Waals surface area contributed by atoms with Crippen LogP contribution in [-0.4, -0.2) is 47.5 Å². The number of benzene rings is 1. The van der Waals surface area contributed by atoms with Gasteiger partial charge in [0.15, 0.2) is 0 Å². The predicted molar refractivity (Wildman–Crippen MR) is 110 cm³/mol. The van der Waals surface area contributed by atoms with Crippen LogP contribution in [0.5, 0.6) is 5.75 Å². The van der Waals surface area contributed by atoms with E-state index in [1.807, 2.05) is 31.7 Å². The standard InChI is InChI=1S/C23H35NO4/c1-23(2,3)28-22(26)24-12-10-17(11-13-24)5-4-14-27-21-9-7-18-15-20(25)8-6-19(18)16-21/h7,9,16-17,20,25H,4-6,8,10-15H2,1-3H3. The number of hydrogen-bond acceptors (Lipinski definition) is 4. The molecule has 2 aliphatic rings. The van der Waals surface area contributed by atoms with Crippen molar-refractivity contribution in [3.05, 3.63) is 29.3 Å². The number of aliphatic hydroxyl groups is 1. The van der Waals surface area contributed by atoms with Crippen LogP contribution in [0.25, 0.3) is 0 Å². The lowest BCUT2D eigenvalue weighted by atomic mass is 9.90. The van der Waals surface area contributed by atoms with Crippen molar-refractivity contribution in [1.29, 1.82) is 0 Å². The van der Waals surface area contributed by atoms with Crippen LogP contribution in [-0.2, 0) is 17.6 Å². The Morgan fingerprint density at radius 1 is 1.18 bits per heavy atom. The second-order valence-corrected chi connectivity index (χ2v) is 9.23. The summed E-state index contributed by atoms with van der Waals surface area (Å²) in [7, 11) is 0. The summed E-state index contributed by atoms with van der Waals surface area (Å²) in [5.41, 5.74) is 2.14. The summed E-state index contributed by atoms with van der Waals surface area (Å²) in [6.45, 7) is 8.03. The Kier molecular flexibility index (Phi) is 6.86. The van der Waals surface area contributed by atoms with Crippen LogP contribution >= 0.6 is 0 Å². The first-order chi connectivity index (χ1) is 13.3. The maximum atomic E-state index is 12.1. The van der Waals surface area contributed by atoms with E-state index in [4.69, 9.17) is 9.47 Å². The molecule has 156 valence electrons. The third kappa shape index (κ3) is 6.13. The van der Waals surface area contributed by atoms with Gasteiger partial charge in [-0.05, 0) is 94.9 Å². The van der Waals surface area contributed by atoms with Gasteiger partial charge in [-0.15, -0.1) is 0 Å². The van der Waals surface area contributed by atoms with E-state index in [0.717, 1.165) is 70.4 Å². The van der Waals surface area contributed by atoms with Crippen LogP contribution in [0.3, 0.4) is 0 Å². The van der Waals surface area contributed by atoms with Gasteiger partial charge in [0.25, 0.3) is 0 Å². The van der Waals surface area contributed by atoms with Crippen molar-refractivity contribution in [2.45, 2.75) is 77.4 Å². The maximum absolute atomic E-state index is 12.1. The minimum Gasteiger partial charge on any atom is -0.494 e. The molecule has 1 aromatic carbocycles. The Morgan fingerprint density at radius 3 is 2.64 bits per heavy atom. The van der Waals surface area contributed by atoms with Crippen molar-refractivity contribution < 1.29 is 19.4 Å². The van der Waals surface area contributed by atoms with E-state index in [1.165, 1.54) is 11.1 Å². The lowest BCUT2D eigenvalue weighted by Gasteiger charge is -2.33. The Morgan fingerprint density at radius 2 is 1.93 bits per heavy atom. The molecule has 28 heavy (non-hydrogen) atoms. The molecule has 1 atom stereocenters. The Hall–Kier alpha value is -1.75. The number of ether oxygens (including phenoxy) is 2. The van der Waals surface area contributed by atoms with Crippen molar-refractivity contribution in [2.75, 3.05) is 19.7 Å². The molecule has 0 radical (unpaired) electrons. The maximum Gasteiger partial charge on any atom is 0.410 e. The van der Waals surface area contributed by atoms with E-state index in [0.29, 0.717) is 5.92 Å². The van der Waals surface area contributed by atoms with Crippen molar-refractivity contribution in [3.63, 3.8) is 0 Å². The van der Waals surface area contributed by atoms with E-state index in [2.05, 4.69) is 12.1 Å². The molecule has 0 saturated carbocycles. The quantitative estimate of drug-likeness (QED) is 0.761. The highest BCUT2D eigenvalue weighted by Crippen LogP contribution is 2.27. The highest BCUT2D eigenvalue weighted by molar-refractivity contribution is 5.68. The SMILES string of the molecule is CC(C)(C)OC(=O)N1CCC(CCCOc2ccc3c(c2)CCC(O)C3)CC1. The van der Waals surface area contributed by atoms with Crippen molar-refractivity contribution in [1.82, 2.24) is 4.90 Å². The first-order valence-corrected chi connectivity index (χ1v) is 10.7. The number of amides is 1. The fourth-order valence-corrected chi connectivity index (χ4v) is 4.09. The number of aryl methyl sites for hydroxylation is 1. The van der Waals surface area contributed by atoms with Crippen molar-refractivity contribution >= 4 is 6.09 Å². The lowest BCUT2D eigenvalue weighted by Crippen LogP contribution is -2.41. The van der Waals surface area contributed by atoms with E-state index in [1.54, 1.807) is 0 Å². The van der Waals surface area contributed by atoms with Crippen LogP contribution < -0.4 is 4.74 Å². The average Bonchev–Trinajstić information content (AvgIpc) is 2.64. The summed E-state index contributed by atoms with van der Waals surface area (Å²) >= 11 is 0. The second-order valence-electron chi connectivity index (χ2n) is 9.23. The second kappa shape index (κ2) is 9.17. The minimum absolute atomic E-state index is 0.186. The number of carbonyl (C=O) groups excluding carboxylic acids is 1. The molecule has 1 aromatic rings. The van der Waals surface area contributed by atoms with Gasteiger partial charge in [-0.25, -0.2) is 4.79 Å². The summed E-state index contributed by atoms with van der Waals surface area (Å²) in [5, 5.41) is 9.76. The largest absolute Gasteiger partial charge is 0.494 e. The summed E-state index contributed by atoms with van der Waals surface area (Å²) < 4.78 is 11.4. The van der Waals surface area contributed by atoms with E-state index in [9.17, 15) is 9.90 Å². The predicted octanol–water partition coefficient (Wildman–Crippen LogP) is 4.34. The number of rotatable bonds is 5. The number of carbonyl (C=O) groups is 1. The van der Waals surface area contributed by atoms with Crippen LogP contribution in [0, 0.1) is 5.92 Å². The molecule has 1 aliphatic heterocycles. The number of nitrogens with zero attached hydrogens (tertiary/aromatic N) is 1. The molecular formula is C23H35NO4. The molecule has 0 spiro atoms. The molecule has 1 fully saturated rings. The van der Waals surface area contributed by atoms with Gasteiger partial charge in [0.1, 0.15) is 11.4 Å². The zero-order valence-electron chi connectivity index (χ0n) is 17.6. The summed E-state index contributed by atoms with van der Waals surface area (Å²) in [4.78, 5) is 14.0. The number of fused-ring (bicyclic) bond motifs is 1. The molecule has 1 aliphatic carbocycles.